The Balaban J connectivity index is 2.82. The predicted molar refractivity (Wildman–Crippen MR) is 59.4 cm³/mol. The van der Waals surface area contributed by atoms with Crippen LogP contribution >= 0.6 is 0 Å². The molecule has 0 saturated carbocycles. The maximum absolute atomic E-state index is 4.38. The first-order chi connectivity index (χ1) is 6.65. The second kappa shape index (κ2) is 4.94. The Labute approximate surface area is 86.0 Å². The molecule has 0 aliphatic rings. The zero-order chi connectivity index (χ0) is 10.6. The molecule has 1 N–H and O–H groups in total. The molecule has 1 unspecified atom stereocenters. The lowest BCUT2D eigenvalue weighted by atomic mass is 9.96. The first kappa shape index (κ1) is 11.0. The Morgan fingerprint density at radius 2 is 1.86 bits per heavy atom. The molecule has 0 aromatic carbocycles. The van der Waals surface area contributed by atoms with Gasteiger partial charge in [0.15, 0.2) is 0 Å². The summed E-state index contributed by atoms with van der Waals surface area (Å²) in [7, 11) is 1.88. The number of aromatic nitrogens is 2. The van der Waals surface area contributed by atoms with Crippen LogP contribution in [0, 0.1) is 5.92 Å². The average Bonchev–Trinajstić information content (AvgIpc) is 2.16. The van der Waals surface area contributed by atoms with Crippen molar-refractivity contribution >= 4 is 5.82 Å². The van der Waals surface area contributed by atoms with Crippen LogP contribution in [0.3, 0.4) is 0 Å². The summed E-state index contributed by atoms with van der Waals surface area (Å²) < 4.78 is 0. The summed E-state index contributed by atoms with van der Waals surface area (Å²) in [5.41, 5.74) is 1.07. The highest BCUT2D eigenvalue weighted by molar-refractivity contribution is 5.40. The molecular formula is C11H19N3. The Morgan fingerprint density at radius 3 is 2.43 bits per heavy atom. The van der Waals surface area contributed by atoms with E-state index in [1.807, 2.05) is 7.05 Å². The van der Waals surface area contributed by atoms with Crippen LogP contribution in [-0.2, 0) is 0 Å². The molecule has 1 aromatic rings. The van der Waals surface area contributed by atoms with E-state index in [9.17, 15) is 0 Å². The molecule has 1 atom stereocenters. The smallest absolute Gasteiger partial charge is 0.147 e. The zero-order valence-electron chi connectivity index (χ0n) is 9.41. The molecule has 0 aliphatic heterocycles. The van der Waals surface area contributed by atoms with Gasteiger partial charge < -0.3 is 5.32 Å². The lowest BCUT2D eigenvalue weighted by Gasteiger charge is -2.15. The summed E-state index contributed by atoms with van der Waals surface area (Å²) in [6.07, 6.45) is 4.62. The third-order valence-corrected chi connectivity index (χ3v) is 2.26. The van der Waals surface area contributed by atoms with Gasteiger partial charge in [0, 0.05) is 25.4 Å². The van der Waals surface area contributed by atoms with Crippen molar-refractivity contribution in [2.45, 2.75) is 33.1 Å². The fourth-order valence-corrected chi connectivity index (χ4v) is 1.72. The fourth-order valence-electron chi connectivity index (χ4n) is 1.72. The molecule has 14 heavy (non-hydrogen) atoms. The van der Waals surface area contributed by atoms with E-state index in [4.69, 9.17) is 0 Å². The molecule has 1 aromatic heterocycles. The number of nitrogens with zero attached hydrogens (tertiary/aromatic N) is 2. The van der Waals surface area contributed by atoms with Crippen LogP contribution in [0.4, 0.5) is 5.82 Å². The van der Waals surface area contributed by atoms with Crippen molar-refractivity contribution in [3.8, 4) is 0 Å². The fraction of sp³-hybridized carbons (Fsp3) is 0.636. The summed E-state index contributed by atoms with van der Waals surface area (Å²) in [5.74, 6) is 2.06. The van der Waals surface area contributed by atoms with Crippen molar-refractivity contribution < 1.29 is 0 Å². The van der Waals surface area contributed by atoms with Crippen molar-refractivity contribution in [3.63, 3.8) is 0 Å². The van der Waals surface area contributed by atoms with Crippen molar-refractivity contribution in [3.05, 3.63) is 18.1 Å². The van der Waals surface area contributed by atoms with Crippen LogP contribution < -0.4 is 5.32 Å². The van der Waals surface area contributed by atoms with Crippen LogP contribution in [0.5, 0.6) is 0 Å². The summed E-state index contributed by atoms with van der Waals surface area (Å²) in [4.78, 5) is 8.63. The topological polar surface area (TPSA) is 37.8 Å². The molecule has 0 bridgehead atoms. The van der Waals surface area contributed by atoms with Crippen molar-refractivity contribution in [1.82, 2.24) is 9.97 Å². The van der Waals surface area contributed by atoms with Crippen molar-refractivity contribution in [2.75, 3.05) is 12.4 Å². The van der Waals surface area contributed by atoms with Crippen LogP contribution in [0.2, 0.25) is 0 Å². The maximum atomic E-state index is 4.38. The zero-order valence-corrected chi connectivity index (χ0v) is 9.41. The lowest BCUT2D eigenvalue weighted by Crippen LogP contribution is -2.06. The van der Waals surface area contributed by atoms with E-state index in [1.54, 1.807) is 12.4 Å². The number of hydrogen-bond acceptors (Lipinski definition) is 3. The molecule has 0 radical (unpaired) electrons. The minimum atomic E-state index is 0.464. The maximum Gasteiger partial charge on any atom is 0.147 e. The number of nitrogens with one attached hydrogen (secondary N) is 1. The third-order valence-electron chi connectivity index (χ3n) is 2.26. The van der Waals surface area contributed by atoms with Crippen LogP contribution in [-0.4, -0.2) is 17.0 Å². The Kier molecular flexibility index (Phi) is 3.86. The van der Waals surface area contributed by atoms with Crippen LogP contribution in [0.1, 0.15) is 38.8 Å². The van der Waals surface area contributed by atoms with Crippen molar-refractivity contribution in [2.24, 2.45) is 5.92 Å². The van der Waals surface area contributed by atoms with E-state index >= 15 is 0 Å². The molecule has 0 saturated heterocycles. The van der Waals surface area contributed by atoms with Gasteiger partial charge in [-0.25, -0.2) is 4.98 Å². The van der Waals surface area contributed by atoms with Gasteiger partial charge in [-0.1, -0.05) is 20.8 Å². The van der Waals surface area contributed by atoms with Gasteiger partial charge in [-0.15, -0.1) is 0 Å². The minimum absolute atomic E-state index is 0.464. The first-order valence-electron chi connectivity index (χ1n) is 5.13. The van der Waals surface area contributed by atoms with Gasteiger partial charge in [0.1, 0.15) is 5.82 Å². The SMILES string of the molecule is CNc1nccnc1C(C)CC(C)C. The number of rotatable bonds is 4. The standard InChI is InChI=1S/C11H19N3/c1-8(2)7-9(3)10-11(12-4)14-6-5-13-10/h5-6,8-9H,7H2,1-4H3,(H,12,14). The molecule has 3 nitrogen and oxygen atoms in total. The van der Waals surface area contributed by atoms with E-state index in [1.165, 1.54) is 0 Å². The summed E-state index contributed by atoms with van der Waals surface area (Å²) in [6.45, 7) is 6.66. The molecule has 1 rings (SSSR count). The normalized spacial score (nSPS) is 12.9. The predicted octanol–water partition coefficient (Wildman–Crippen LogP) is 2.67. The van der Waals surface area contributed by atoms with Gasteiger partial charge >= 0.3 is 0 Å². The molecule has 0 aliphatic carbocycles. The van der Waals surface area contributed by atoms with Crippen LogP contribution in [0.25, 0.3) is 0 Å². The van der Waals surface area contributed by atoms with Crippen molar-refractivity contribution in [1.29, 1.82) is 0 Å². The van der Waals surface area contributed by atoms with E-state index in [0.29, 0.717) is 11.8 Å². The number of hydrogen-bond donors (Lipinski definition) is 1. The average molecular weight is 193 g/mol. The monoisotopic (exact) mass is 193 g/mol. The highest BCUT2D eigenvalue weighted by atomic mass is 15.0. The van der Waals surface area contributed by atoms with E-state index in [0.717, 1.165) is 17.9 Å². The summed E-state index contributed by atoms with van der Waals surface area (Å²) >= 11 is 0. The second-order valence-corrected chi connectivity index (χ2v) is 4.07. The third kappa shape index (κ3) is 2.69. The van der Waals surface area contributed by atoms with E-state index < -0.39 is 0 Å². The van der Waals surface area contributed by atoms with E-state index in [2.05, 4.69) is 36.1 Å². The molecular weight excluding hydrogens is 174 g/mol. The Hall–Kier alpha value is -1.12. The van der Waals surface area contributed by atoms with Gasteiger partial charge in [0.25, 0.3) is 0 Å². The molecule has 0 amide bonds. The van der Waals surface area contributed by atoms with Gasteiger partial charge in [-0.05, 0) is 12.3 Å². The molecule has 1 heterocycles. The minimum Gasteiger partial charge on any atom is -0.372 e. The first-order valence-corrected chi connectivity index (χ1v) is 5.13. The highest BCUT2D eigenvalue weighted by Gasteiger charge is 2.13. The lowest BCUT2D eigenvalue weighted by molar-refractivity contribution is 0.516. The summed E-state index contributed by atoms with van der Waals surface area (Å²) in [6, 6.07) is 0. The Morgan fingerprint density at radius 1 is 1.21 bits per heavy atom. The van der Waals surface area contributed by atoms with Gasteiger partial charge in [0.05, 0.1) is 5.69 Å². The quantitative estimate of drug-likeness (QED) is 0.798. The van der Waals surface area contributed by atoms with Gasteiger partial charge in [0.2, 0.25) is 0 Å². The van der Waals surface area contributed by atoms with Crippen LogP contribution in [0.15, 0.2) is 12.4 Å². The Bertz CT molecular complexity index is 284. The molecule has 0 fully saturated rings. The largest absolute Gasteiger partial charge is 0.372 e. The number of anilines is 1. The molecule has 78 valence electrons. The molecule has 3 heteroatoms. The summed E-state index contributed by atoms with van der Waals surface area (Å²) in [5, 5.41) is 3.08. The van der Waals surface area contributed by atoms with E-state index in [-0.39, 0.29) is 0 Å². The highest BCUT2D eigenvalue weighted by Crippen LogP contribution is 2.25. The van der Waals surface area contributed by atoms with Gasteiger partial charge in [-0.2, -0.15) is 0 Å². The second-order valence-electron chi connectivity index (χ2n) is 4.07. The van der Waals surface area contributed by atoms with Gasteiger partial charge in [-0.3, -0.25) is 4.98 Å². The molecule has 0 spiro atoms.